The third kappa shape index (κ3) is 4.54. The molecule has 0 aliphatic carbocycles. The minimum atomic E-state index is -0.378. The number of likely N-dealkylation sites (tertiary alicyclic amines) is 1. The van der Waals surface area contributed by atoms with Crippen molar-refractivity contribution in [2.45, 2.75) is 25.7 Å². The molecule has 27 heavy (non-hydrogen) atoms. The quantitative estimate of drug-likeness (QED) is 0.792. The number of rotatable bonds is 6. The Morgan fingerprint density at radius 1 is 1.11 bits per heavy atom. The van der Waals surface area contributed by atoms with Crippen LogP contribution in [0.3, 0.4) is 0 Å². The van der Waals surface area contributed by atoms with Crippen LogP contribution in [0.5, 0.6) is 0 Å². The summed E-state index contributed by atoms with van der Waals surface area (Å²) in [5.74, 6) is -1.08. The number of halogens is 1. The Hall–Kier alpha value is -2.69. The van der Waals surface area contributed by atoms with Crippen LogP contribution in [0.4, 0.5) is 4.39 Å². The van der Waals surface area contributed by atoms with Gasteiger partial charge in [0.25, 0.3) is 5.91 Å². The molecule has 1 aliphatic rings. The monoisotopic (exact) mass is 368 g/mol. The molecule has 0 unspecified atom stereocenters. The SMILES string of the molecule is CCCCNC(=O)[C@@H]1CN(C(=O)c2ccccc2)C[C@H]1c1cccc(F)c1. The van der Waals surface area contributed by atoms with Gasteiger partial charge in [-0.2, -0.15) is 0 Å². The third-order valence-electron chi connectivity index (χ3n) is 5.07. The highest BCUT2D eigenvalue weighted by Crippen LogP contribution is 2.34. The lowest BCUT2D eigenvalue weighted by atomic mass is 9.88. The van der Waals surface area contributed by atoms with Gasteiger partial charge in [0.2, 0.25) is 5.91 Å². The summed E-state index contributed by atoms with van der Waals surface area (Å²) in [7, 11) is 0. The third-order valence-corrected chi connectivity index (χ3v) is 5.07. The summed E-state index contributed by atoms with van der Waals surface area (Å²) in [6.45, 7) is 3.43. The van der Waals surface area contributed by atoms with Crippen molar-refractivity contribution in [1.82, 2.24) is 10.2 Å². The molecular weight excluding hydrogens is 343 g/mol. The number of hydrogen-bond acceptors (Lipinski definition) is 2. The second kappa shape index (κ2) is 8.80. The fraction of sp³-hybridized carbons (Fsp3) is 0.364. The minimum Gasteiger partial charge on any atom is -0.356 e. The molecule has 2 aromatic carbocycles. The van der Waals surface area contributed by atoms with E-state index in [0.29, 0.717) is 25.2 Å². The van der Waals surface area contributed by atoms with E-state index in [9.17, 15) is 14.0 Å². The summed E-state index contributed by atoms with van der Waals surface area (Å²) < 4.78 is 13.7. The number of amides is 2. The number of carbonyl (C=O) groups excluding carboxylic acids is 2. The van der Waals surface area contributed by atoms with Crippen molar-refractivity contribution in [3.05, 3.63) is 71.5 Å². The molecular formula is C22H25FN2O2. The van der Waals surface area contributed by atoms with Gasteiger partial charge in [-0.15, -0.1) is 0 Å². The average Bonchev–Trinajstić information content (AvgIpc) is 3.14. The Bertz CT molecular complexity index is 794. The van der Waals surface area contributed by atoms with Crippen molar-refractivity contribution in [2.75, 3.05) is 19.6 Å². The predicted octanol–water partition coefficient (Wildman–Crippen LogP) is 3.60. The van der Waals surface area contributed by atoms with Crippen molar-refractivity contribution in [1.29, 1.82) is 0 Å². The Morgan fingerprint density at radius 2 is 1.89 bits per heavy atom. The van der Waals surface area contributed by atoms with Crippen molar-refractivity contribution < 1.29 is 14.0 Å². The fourth-order valence-corrected chi connectivity index (χ4v) is 3.59. The maximum atomic E-state index is 13.7. The normalized spacial score (nSPS) is 19.1. The van der Waals surface area contributed by atoms with Gasteiger partial charge in [0.1, 0.15) is 5.82 Å². The fourth-order valence-electron chi connectivity index (χ4n) is 3.59. The van der Waals surface area contributed by atoms with Crippen LogP contribution in [-0.4, -0.2) is 36.3 Å². The lowest BCUT2D eigenvalue weighted by molar-refractivity contribution is -0.124. The number of hydrogen-bond donors (Lipinski definition) is 1. The first-order chi connectivity index (χ1) is 13.1. The highest BCUT2D eigenvalue weighted by molar-refractivity contribution is 5.95. The molecule has 142 valence electrons. The first kappa shape index (κ1) is 19.1. The largest absolute Gasteiger partial charge is 0.356 e. The molecule has 0 aromatic heterocycles. The van der Waals surface area contributed by atoms with Crippen LogP contribution in [-0.2, 0) is 4.79 Å². The molecule has 1 saturated heterocycles. The highest BCUT2D eigenvalue weighted by Gasteiger charge is 2.40. The van der Waals surface area contributed by atoms with Crippen LogP contribution < -0.4 is 5.32 Å². The predicted molar refractivity (Wildman–Crippen MR) is 103 cm³/mol. The zero-order valence-electron chi connectivity index (χ0n) is 15.5. The number of carbonyl (C=O) groups is 2. The van der Waals surface area contributed by atoms with Crippen LogP contribution >= 0.6 is 0 Å². The second-order valence-electron chi connectivity index (χ2n) is 6.99. The van der Waals surface area contributed by atoms with Crippen molar-refractivity contribution in [3.63, 3.8) is 0 Å². The van der Waals surface area contributed by atoms with E-state index in [1.54, 1.807) is 23.1 Å². The number of unbranched alkanes of at least 4 members (excludes halogenated alkanes) is 1. The summed E-state index contributed by atoms with van der Waals surface area (Å²) in [5.41, 5.74) is 1.36. The molecule has 5 heteroatoms. The van der Waals surface area contributed by atoms with Crippen LogP contribution in [0.2, 0.25) is 0 Å². The topological polar surface area (TPSA) is 49.4 Å². The number of benzene rings is 2. The van der Waals surface area contributed by atoms with E-state index in [-0.39, 0.29) is 29.5 Å². The molecule has 1 aliphatic heterocycles. The van der Waals surface area contributed by atoms with E-state index in [2.05, 4.69) is 12.2 Å². The molecule has 0 bridgehead atoms. The van der Waals surface area contributed by atoms with Gasteiger partial charge in [0.15, 0.2) is 0 Å². The molecule has 2 amide bonds. The first-order valence-electron chi connectivity index (χ1n) is 9.47. The van der Waals surface area contributed by atoms with Crippen molar-refractivity contribution in [2.24, 2.45) is 5.92 Å². The molecule has 0 saturated carbocycles. The first-order valence-corrected chi connectivity index (χ1v) is 9.47. The van der Waals surface area contributed by atoms with Crippen LogP contribution in [0.1, 0.15) is 41.6 Å². The van der Waals surface area contributed by atoms with Gasteiger partial charge < -0.3 is 10.2 Å². The summed E-state index contributed by atoms with van der Waals surface area (Å²) in [4.78, 5) is 27.3. The molecule has 1 fully saturated rings. The standard InChI is InChI=1S/C22H25FN2O2/c1-2-3-12-24-21(26)20-15-25(22(27)16-8-5-4-6-9-16)14-19(20)17-10-7-11-18(23)13-17/h4-11,13,19-20H,2-3,12,14-15H2,1H3,(H,24,26)/t19-,20+/m0/s1. The number of nitrogens with zero attached hydrogens (tertiary/aromatic N) is 1. The van der Waals surface area contributed by atoms with Crippen LogP contribution in [0.25, 0.3) is 0 Å². The molecule has 4 nitrogen and oxygen atoms in total. The Labute approximate surface area is 159 Å². The van der Waals surface area contributed by atoms with Crippen molar-refractivity contribution in [3.8, 4) is 0 Å². The smallest absolute Gasteiger partial charge is 0.253 e. The maximum Gasteiger partial charge on any atom is 0.253 e. The zero-order chi connectivity index (χ0) is 19.2. The van der Waals surface area contributed by atoms with Gasteiger partial charge in [-0.3, -0.25) is 9.59 Å². The maximum absolute atomic E-state index is 13.7. The zero-order valence-corrected chi connectivity index (χ0v) is 15.5. The molecule has 3 rings (SSSR count). The van der Waals surface area contributed by atoms with Gasteiger partial charge >= 0.3 is 0 Å². The molecule has 2 aromatic rings. The van der Waals surface area contributed by atoms with Crippen molar-refractivity contribution >= 4 is 11.8 Å². The number of nitrogens with one attached hydrogen (secondary N) is 1. The van der Waals surface area contributed by atoms with Gasteiger partial charge in [0, 0.05) is 31.1 Å². The Kier molecular flexibility index (Phi) is 6.22. The van der Waals surface area contributed by atoms with E-state index in [1.165, 1.54) is 12.1 Å². The molecule has 1 N–H and O–H groups in total. The van der Waals surface area contributed by atoms with Gasteiger partial charge in [-0.25, -0.2) is 4.39 Å². The van der Waals surface area contributed by atoms with Gasteiger partial charge in [0.05, 0.1) is 5.92 Å². The highest BCUT2D eigenvalue weighted by atomic mass is 19.1. The van der Waals surface area contributed by atoms with E-state index in [0.717, 1.165) is 18.4 Å². The second-order valence-corrected chi connectivity index (χ2v) is 6.99. The summed E-state index contributed by atoms with van der Waals surface area (Å²) in [5, 5.41) is 2.97. The summed E-state index contributed by atoms with van der Waals surface area (Å²) >= 11 is 0. The molecule has 1 heterocycles. The Morgan fingerprint density at radius 3 is 2.59 bits per heavy atom. The summed E-state index contributed by atoms with van der Waals surface area (Å²) in [6, 6.07) is 15.4. The van der Waals surface area contributed by atoms with Crippen LogP contribution in [0, 0.1) is 11.7 Å². The lowest BCUT2D eigenvalue weighted by Crippen LogP contribution is -2.36. The Balaban J connectivity index is 1.82. The van der Waals surface area contributed by atoms with Gasteiger partial charge in [-0.05, 0) is 36.2 Å². The van der Waals surface area contributed by atoms with Gasteiger partial charge in [-0.1, -0.05) is 43.7 Å². The summed E-state index contributed by atoms with van der Waals surface area (Å²) in [6.07, 6.45) is 1.91. The molecule has 0 radical (unpaired) electrons. The van der Waals surface area contributed by atoms with E-state index < -0.39 is 0 Å². The van der Waals surface area contributed by atoms with E-state index >= 15 is 0 Å². The lowest BCUT2D eigenvalue weighted by Gasteiger charge is -2.18. The average molecular weight is 368 g/mol. The van der Waals surface area contributed by atoms with E-state index in [4.69, 9.17) is 0 Å². The van der Waals surface area contributed by atoms with E-state index in [1.807, 2.05) is 24.3 Å². The molecule has 2 atom stereocenters. The molecule has 0 spiro atoms. The van der Waals surface area contributed by atoms with Crippen LogP contribution in [0.15, 0.2) is 54.6 Å². The minimum absolute atomic E-state index is 0.0685.